The lowest BCUT2D eigenvalue weighted by atomic mass is 10.3. The molecule has 2 aromatic rings. The van der Waals surface area contributed by atoms with Gasteiger partial charge in [-0.25, -0.2) is 8.42 Å². The Morgan fingerprint density at radius 3 is 2.36 bits per heavy atom. The first-order valence-corrected chi connectivity index (χ1v) is 8.49. The van der Waals surface area contributed by atoms with E-state index in [1.54, 1.807) is 0 Å². The molecule has 0 saturated heterocycles. The van der Waals surface area contributed by atoms with Crippen LogP contribution in [0.4, 0.5) is 11.4 Å². The minimum atomic E-state index is -4.05. The molecule has 0 spiro atoms. The Balaban J connectivity index is 2.28. The van der Waals surface area contributed by atoms with Gasteiger partial charge < -0.3 is 15.0 Å². The number of nitrogens with one attached hydrogen (secondary N) is 2. The number of hydrogen-bond acceptors (Lipinski definition) is 5. The second-order valence-electron chi connectivity index (χ2n) is 5.06. The molecule has 0 unspecified atom stereocenters. The second kappa shape index (κ2) is 7.18. The van der Waals surface area contributed by atoms with Crippen LogP contribution in [0.5, 0.6) is 0 Å². The molecule has 1 aromatic carbocycles. The number of aliphatic carboxylic acids is 1. The van der Waals surface area contributed by atoms with Gasteiger partial charge in [0.15, 0.2) is 0 Å². The van der Waals surface area contributed by atoms with Gasteiger partial charge in [0.25, 0.3) is 15.6 Å². The number of carboxylic acid groups (broad SMARTS) is 1. The summed E-state index contributed by atoms with van der Waals surface area (Å²) in [7, 11) is -4.05. The number of anilines is 2. The molecule has 0 saturated carbocycles. The zero-order valence-electron chi connectivity index (χ0n) is 13.1. The molecule has 0 aliphatic rings. The number of carbonyl (C=O) groups excluding carboxylic acids is 1. The minimum absolute atomic E-state index is 0.116. The fourth-order valence-electron chi connectivity index (χ4n) is 2.01. The van der Waals surface area contributed by atoms with Crippen LogP contribution in [-0.4, -0.2) is 30.0 Å². The first kappa shape index (κ1) is 18.2. The summed E-state index contributed by atoms with van der Waals surface area (Å²) in [5.74, 6) is -1.52. The topological polar surface area (TPSA) is 135 Å². The van der Waals surface area contributed by atoms with Crippen molar-refractivity contribution in [2.45, 2.75) is 18.4 Å². The molecule has 9 nitrogen and oxygen atoms in total. The molecule has 0 aliphatic heterocycles. The van der Waals surface area contributed by atoms with Crippen molar-refractivity contribution in [1.82, 2.24) is 4.57 Å². The monoisotopic (exact) mass is 365 g/mol. The average molecular weight is 365 g/mol. The number of pyridine rings is 1. The van der Waals surface area contributed by atoms with Crippen LogP contribution < -0.4 is 15.6 Å². The maximum absolute atomic E-state index is 12.4. The maximum atomic E-state index is 12.4. The minimum Gasteiger partial charge on any atom is -0.480 e. The van der Waals surface area contributed by atoms with Crippen molar-refractivity contribution in [1.29, 1.82) is 0 Å². The van der Waals surface area contributed by atoms with E-state index in [0.717, 1.165) is 4.57 Å². The first-order valence-electron chi connectivity index (χ1n) is 7.01. The molecular weight excluding hydrogens is 350 g/mol. The third-order valence-electron chi connectivity index (χ3n) is 3.06. The number of amides is 1. The number of carbonyl (C=O) groups is 2. The predicted octanol–water partition coefficient (Wildman–Crippen LogP) is 0.692. The number of sulfonamides is 1. The smallest absolute Gasteiger partial charge is 0.323 e. The van der Waals surface area contributed by atoms with Gasteiger partial charge in [0.2, 0.25) is 5.91 Å². The van der Waals surface area contributed by atoms with Crippen LogP contribution >= 0.6 is 0 Å². The number of benzene rings is 1. The highest BCUT2D eigenvalue weighted by Gasteiger charge is 2.17. The predicted molar refractivity (Wildman–Crippen MR) is 89.9 cm³/mol. The molecule has 1 heterocycles. The fraction of sp³-hybridized carbons (Fsp3) is 0.133. The number of carboxylic acids is 1. The molecule has 0 bridgehead atoms. The second-order valence-corrected chi connectivity index (χ2v) is 6.74. The highest BCUT2D eigenvalue weighted by Crippen LogP contribution is 2.16. The summed E-state index contributed by atoms with van der Waals surface area (Å²) in [6, 6.07) is 7.96. The zero-order chi connectivity index (χ0) is 18.6. The Morgan fingerprint density at radius 1 is 1.16 bits per heavy atom. The van der Waals surface area contributed by atoms with Crippen LogP contribution in [0, 0.1) is 0 Å². The standard InChI is InChI=1S/C15H15N3O6S/c1-10(19)16-11-4-6-12(7-5-11)25(23,24)17-13-3-2-8-18(15(13)22)9-14(20)21/h2-8,17H,9H2,1H3,(H,16,19)(H,20,21). The molecule has 0 aliphatic carbocycles. The largest absolute Gasteiger partial charge is 0.480 e. The van der Waals surface area contributed by atoms with E-state index < -0.39 is 28.1 Å². The highest BCUT2D eigenvalue weighted by molar-refractivity contribution is 7.92. The Kier molecular flexibility index (Phi) is 5.22. The van der Waals surface area contributed by atoms with Crippen LogP contribution in [0.1, 0.15) is 6.92 Å². The van der Waals surface area contributed by atoms with Gasteiger partial charge in [-0.2, -0.15) is 0 Å². The first-order chi connectivity index (χ1) is 11.7. The van der Waals surface area contributed by atoms with E-state index in [-0.39, 0.29) is 16.5 Å². The molecule has 25 heavy (non-hydrogen) atoms. The quantitative estimate of drug-likeness (QED) is 0.689. The van der Waals surface area contributed by atoms with Crippen LogP contribution in [0.3, 0.4) is 0 Å². The normalized spacial score (nSPS) is 10.9. The molecule has 1 aromatic heterocycles. The van der Waals surface area contributed by atoms with E-state index in [9.17, 15) is 22.8 Å². The molecule has 1 amide bonds. The van der Waals surface area contributed by atoms with Gasteiger partial charge in [-0.15, -0.1) is 0 Å². The number of aromatic nitrogens is 1. The van der Waals surface area contributed by atoms with Gasteiger partial charge in [-0.05, 0) is 36.4 Å². The van der Waals surface area contributed by atoms with Gasteiger partial charge in [0.05, 0.1) is 4.90 Å². The van der Waals surface area contributed by atoms with E-state index in [1.165, 1.54) is 49.5 Å². The number of nitrogens with zero attached hydrogens (tertiary/aromatic N) is 1. The van der Waals surface area contributed by atoms with Crippen molar-refractivity contribution < 1.29 is 23.1 Å². The maximum Gasteiger partial charge on any atom is 0.323 e. The summed E-state index contributed by atoms with van der Waals surface area (Å²) < 4.78 is 27.7. The zero-order valence-corrected chi connectivity index (χ0v) is 13.9. The number of rotatable bonds is 6. The van der Waals surface area contributed by atoms with E-state index in [0.29, 0.717) is 5.69 Å². The Labute approximate surface area is 143 Å². The lowest BCUT2D eigenvalue weighted by molar-refractivity contribution is -0.137. The van der Waals surface area contributed by atoms with Gasteiger partial charge in [-0.3, -0.25) is 19.1 Å². The lowest BCUT2D eigenvalue weighted by Gasteiger charge is -2.10. The SMILES string of the molecule is CC(=O)Nc1ccc(S(=O)(=O)Nc2cccn(CC(=O)O)c2=O)cc1. The van der Waals surface area contributed by atoms with Gasteiger partial charge in [0, 0.05) is 18.8 Å². The van der Waals surface area contributed by atoms with Crippen LogP contribution in [0.15, 0.2) is 52.3 Å². The molecule has 2 rings (SSSR count). The van der Waals surface area contributed by atoms with E-state index in [1.807, 2.05) is 0 Å². The van der Waals surface area contributed by atoms with Gasteiger partial charge in [0.1, 0.15) is 12.2 Å². The Bertz CT molecular complexity index is 964. The Hall–Kier alpha value is -3.14. The van der Waals surface area contributed by atoms with Gasteiger partial charge in [-0.1, -0.05) is 0 Å². The summed E-state index contributed by atoms with van der Waals surface area (Å²) in [6.45, 7) is 0.740. The van der Waals surface area contributed by atoms with E-state index in [2.05, 4.69) is 10.0 Å². The Morgan fingerprint density at radius 2 is 1.80 bits per heavy atom. The van der Waals surface area contributed by atoms with E-state index >= 15 is 0 Å². The molecule has 10 heteroatoms. The average Bonchev–Trinajstić information content (AvgIpc) is 2.50. The summed E-state index contributed by atoms with van der Waals surface area (Å²) in [5.41, 5.74) is -0.618. The number of hydrogen-bond donors (Lipinski definition) is 3. The summed E-state index contributed by atoms with van der Waals surface area (Å²) in [6.07, 6.45) is 1.25. The van der Waals surface area contributed by atoms with Crippen molar-refractivity contribution in [3.8, 4) is 0 Å². The molecule has 132 valence electrons. The molecular formula is C15H15N3O6S. The van der Waals surface area contributed by atoms with Crippen molar-refractivity contribution in [2.24, 2.45) is 0 Å². The van der Waals surface area contributed by atoms with Crippen LogP contribution in [0.25, 0.3) is 0 Å². The van der Waals surface area contributed by atoms with Crippen molar-refractivity contribution in [2.75, 3.05) is 10.0 Å². The van der Waals surface area contributed by atoms with Gasteiger partial charge >= 0.3 is 5.97 Å². The molecule has 3 N–H and O–H groups in total. The third-order valence-corrected chi connectivity index (χ3v) is 4.44. The molecule has 0 fully saturated rings. The van der Waals surface area contributed by atoms with Crippen molar-refractivity contribution in [3.63, 3.8) is 0 Å². The highest BCUT2D eigenvalue weighted by atomic mass is 32.2. The summed E-state index contributed by atoms with van der Waals surface area (Å²) in [4.78, 5) is 33.7. The van der Waals surface area contributed by atoms with Crippen molar-refractivity contribution >= 4 is 33.3 Å². The summed E-state index contributed by atoms with van der Waals surface area (Å²) >= 11 is 0. The molecule has 0 radical (unpaired) electrons. The summed E-state index contributed by atoms with van der Waals surface area (Å²) in [5, 5.41) is 11.3. The third kappa shape index (κ3) is 4.67. The van der Waals surface area contributed by atoms with Crippen LogP contribution in [0.2, 0.25) is 0 Å². The lowest BCUT2D eigenvalue weighted by Crippen LogP contribution is -2.27. The molecule has 0 atom stereocenters. The van der Waals surface area contributed by atoms with Crippen LogP contribution in [-0.2, 0) is 26.2 Å². The van der Waals surface area contributed by atoms with Crippen molar-refractivity contribution in [3.05, 3.63) is 52.9 Å². The van der Waals surface area contributed by atoms with E-state index in [4.69, 9.17) is 5.11 Å². The fourth-order valence-corrected chi connectivity index (χ4v) is 3.07.